The molecule has 2 aromatic rings. The van der Waals surface area contributed by atoms with E-state index in [1.807, 2.05) is 42.6 Å². The number of rotatable bonds is 9. The van der Waals surface area contributed by atoms with E-state index in [1.165, 1.54) is 42.6 Å². The van der Waals surface area contributed by atoms with Crippen LogP contribution in [-0.2, 0) is 10.2 Å². The van der Waals surface area contributed by atoms with E-state index in [1.54, 1.807) is 11.8 Å². The molecule has 0 N–H and O–H groups in total. The summed E-state index contributed by atoms with van der Waals surface area (Å²) in [6.45, 7) is 9.47. The van der Waals surface area contributed by atoms with E-state index in [9.17, 15) is 4.79 Å². The lowest BCUT2D eigenvalue weighted by Crippen LogP contribution is -2.28. The molecule has 0 aliphatic carbocycles. The molecule has 162 valence electrons. The third kappa shape index (κ3) is 5.22. The van der Waals surface area contributed by atoms with Crippen LogP contribution in [0.5, 0.6) is 0 Å². The minimum atomic E-state index is -0.0502. The minimum absolute atomic E-state index is 0.00495. The van der Waals surface area contributed by atoms with Crippen LogP contribution in [0.1, 0.15) is 58.9 Å². The maximum Gasteiger partial charge on any atom is 0.227 e. The molecular weight excluding hydrogens is 380 g/mol. The summed E-state index contributed by atoms with van der Waals surface area (Å²) in [5.41, 5.74) is 4.83. The molecular formula is C28H35N2O+. The molecule has 1 aliphatic rings. The van der Waals surface area contributed by atoms with Gasteiger partial charge >= 0.3 is 0 Å². The third-order valence-corrected chi connectivity index (χ3v) is 6.01. The smallest absolute Gasteiger partial charge is 0.227 e. The number of carbonyl (C=O) groups excluding carboxylic acids is 1. The Labute approximate surface area is 187 Å². The van der Waals surface area contributed by atoms with Gasteiger partial charge in [-0.25, -0.2) is 0 Å². The Kier molecular flexibility index (Phi) is 7.62. The van der Waals surface area contributed by atoms with Gasteiger partial charge in [0.25, 0.3) is 0 Å². The molecule has 0 atom stereocenters. The first-order valence-corrected chi connectivity index (χ1v) is 11.4. The minimum Gasteiger partial charge on any atom is -0.288 e. The number of fused-ring (bicyclic) bond motifs is 1. The van der Waals surface area contributed by atoms with Gasteiger partial charge in [-0.3, -0.25) is 9.69 Å². The summed E-state index contributed by atoms with van der Waals surface area (Å²) in [5, 5.41) is 0. The van der Waals surface area contributed by atoms with E-state index in [0.717, 1.165) is 12.2 Å². The molecule has 0 unspecified atom stereocenters. The average molecular weight is 416 g/mol. The Hall–Kier alpha value is -2.94. The lowest BCUT2D eigenvalue weighted by atomic mass is 9.81. The van der Waals surface area contributed by atoms with Crippen molar-refractivity contribution in [2.24, 2.45) is 0 Å². The molecule has 0 radical (unpaired) electrons. The van der Waals surface area contributed by atoms with Gasteiger partial charge < -0.3 is 0 Å². The first-order chi connectivity index (χ1) is 15.0. The van der Waals surface area contributed by atoms with Crippen LogP contribution in [0.2, 0.25) is 0 Å². The van der Waals surface area contributed by atoms with Crippen molar-refractivity contribution < 1.29 is 9.37 Å². The Balaban J connectivity index is 1.86. The Morgan fingerprint density at radius 3 is 2.39 bits per heavy atom. The van der Waals surface area contributed by atoms with Crippen LogP contribution in [0.25, 0.3) is 0 Å². The number of anilines is 1. The molecule has 1 amide bonds. The molecule has 3 rings (SSSR count). The number of allylic oxidation sites excluding steroid dienone is 3. The van der Waals surface area contributed by atoms with Crippen molar-refractivity contribution in [3.63, 3.8) is 0 Å². The fourth-order valence-corrected chi connectivity index (χ4v) is 4.32. The highest BCUT2D eigenvalue weighted by Crippen LogP contribution is 2.39. The lowest BCUT2D eigenvalue weighted by molar-refractivity contribution is -0.438. The van der Waals surface area contributed by atoms with Gasteiger partial charge in [0.1, 0.15) is 6.54 Å². The van der Waals surface area contributed by atoms with Gasteiger partial charge in [0.15, 0.2) is 5.71 Å². The number of hydrogen-bond acceptors (Lipinski definition) is 1. The zero-order valence-electron chi connectivity index (χ0n) is 19.3. The molecule has 1 aliphatic heterocycles. The normalized spacial score (nSPS) is 15.1. The topological polar surface area (TPSA) is 23.3 Å². The van der Waals surface area contributed by atoms with E-state index >= 15 is 0 Å². The van der Waals surface area contributed by atoms with E-state index in [4.69, 9.17) is 0 Å². The first-order valence-electron chi connectivity index (χ1n) is 11.4. The molecule has 3 heteroatoms. The standard InChI is InChI=1S/C28H35N2O/c1-5-6-7-14-22-30-26-19-12-11-18-25(26)28(3,4)27(30)20-13-15-21-29(23(2)31)24-16-9-8-10-17-24/h8-13,15-21H,5-7,14,22H2,1-4H3/q+1. The van der Waals surface area contributed by atoms with Crippen molar-refractivity contribution in [2.75, 3.05) is 11.4 Å². The lowest BCUT2D eigenvalue weighted by Gasteiger charge is -2.16. The summed E-state index contributed by atoms with van der Waals surface area (Å²) in [6, 6.07) is 18.5. The summed E-state index contributed by atoms with van der Waals surface area (Å²) < 4.78 is 2.48. The average Bonchev–Trinajstić information content (AvgIpc) is 2.98. The molecule has 0 bridgehead atoms. The number of unbranched alkanes of at least 4 members (excludes halogenated alkanes) is 3. The molecule has 0 saturated carbocycles. The number of amides is 1. The van der Waals surface area contributed by atoms with Crippen molar-refractivity contribution in [3.8, 4) is 0 Å². The first kappa shape index (κ1) is 22.7. The highest BCUT2D eigenvalue weighted by molar-refractivity contribution is 6.03. The summed E-state index contributed by atoms with van der Waals surface area (Å²) >= 11 is 0. The van der Waals surface area contributed by atoms with Gasteiger partial charge in [0.05, 0.1) is 5.41 Å². The van der Waals surface area contributed by atoms with Gasteiger partial charge in [-0.05, 0) is 38.5 Å². The molecule has 3 nitrogen and oxygen atoms in total. The van der Waals surface area contributed by atoms with Gasteiger partial charge in [-0.15, -0.1) is 0 Å². The summed E-state index contributed by atoms with van der Waals surface area (Å²) in [5.74, 6) is -0.00495. The van der Waals surface area contributed by atoms with E-state index in [2.05, 4.69) is 61.8 Å². The zero-order chi connectivity index (χ0) is 22.3. The van der Waals surface area contributed by atoms with Gasteiger partial charge in [-0.2, -0.15) is 4.58 Å². The fraction of sp³-hybridized carbons (Fsp3) is 0.357. The van der Waals surface area contributed by atoms with Gasteiger partial charge in [0, 0.05) is 42.9 Å². The van der Waals surface area contributed by atoms with Crippen molar-refractivity contribution in [1.29, 1.82) is 0 Å². The quantitative estimate of drug-likeness (QED) is 0.252. The number of nitrogens with zero attached hydrogens (tertiary/aromatic N) is 2. The highest BCUT2D eigenvalue weighted by Gasteiger charge is 2.43. The number of carbonyl (C=O) groups is 1. The highest BCUT2D eigenvalue weighted by atomic mass is 16.2. The van der Waals surface area contributed by atoms with Crippen LogP contribution in [0.4, 0.5) is 11.4 Å². The summed E-state index contributed by atoms with van der Waals surface area (Å²) in [4.78, 5) is 13.8. The Bertz CT molecular complexity index is 983. The van der Waals surface area contributed by atoms with E-state index in [-0.39, 0.29) is 11.3 Å². The number of benzene rings is 2. The van der Waals surface area contributed by atoms with Crippen LogP contribution >= 0.6 is 0 Å². The zero-order valence-corrected chi connectivity index (χ0v) is 19.3. The van der Waals surface area contributed by atoms with Gasteiger partial charge in [-0.1, -0.05) is 62.2 Å². The summed E-state index contributed by atoms with van der Waals surface area (Å²) in [7, 11) is 0. The third-order valence-electron chi connectivity index (χ3n) is 6.01. The van der Waals surface area contributed by atoms with Crippen LogP contribution in [0.15, 0.2) is 79.0 Å². The largest absolute Gasteiger partial charge is 0.288 e. The van der Waals surface area contributed by atoms with Crippen LogP contribution in [0, 0.1) is 0 Å². The second-order valence-electron chi connectivity index (χ2n) is 8.66. The van der Waals surface area contributed by atoms with Crippen molar-refractivity contribution in [2.45, 2.75) is 58.8 Å². The monoisotopic (exact) mass is 415 g/mol. The molecule has 31 heavy (non-hydrogen) atoms. The van der Waals surface area contributed by atoms with Crippen LogP contribution < -0.4 is 4.90 Å². The predicted molar refractivity (Wildman–Crippen MR) is 131 cm³/mol. The van der Waals surface area contributed by atoms with E-state index < -0.39 is 0 Å². The van der Waals surface area contributed by atoms with Crippen molar-refractivity contribution in [3.05, 3.63) is 84.6 Å². The summed E-state index contributed by atoms with van der Waals surface area (Å²) in [6.07, 6.45) is 13.0. The van der Waals surface area contributed by atoms with Crippen LogP contribution in [-0.4, -0.2) is 22.7 Å². The molecule has 0 spiro atoms. The molecule has 1 heterocycles. The van der Waals surface area contributed by atoms with E-state index in [0.29, 0.717) is 0 Å². The Morgan fingerprint density at radius 1 is 0.968 bits per heavy atom. The molecule has 0 saturated heterocycles. The predicted octanol–water partition coefficient (Wildman–Crippen LogP) is 6.77. The maximum absolute atomic E-state index is 12.1. The Morgan fingerprint density at radius 2 is 1.68 bits per heavy atom. The van der Waals surface area contributed by atoms with Crippen molar-refractivity contribution >= 4 is 23.0 Å². The SMILES string of the molecule is CCCCCC[N+]1=C(/C=C/C=C/N(C(C)=O)c2ccccc2)C(C)(C)c2ccccc21. The van der Waals surface area contributed by atoms with Gasteiger partial charge in [0.2, 0.25) is 11.6 Å². The number of hydrogen-bond donors (Lipinski definition) is 0. The molecule has 2 aromatic carbocycles. The maximum atomic E-state index is 12.1. The van der Waals surface area contributed by atoms with Crippen LogP contribution in [0.3, 0.4) is 0 Å². The molecule has 0 aromatic heterocycles. The van der Waals surface area contributed by atoms with Crippen molar-refractivity contribution in [1.82, 2.24) is 0 Å². The second kappa shape index (κ2) is 10.4. The fourth-order valence-electron chi connectivity index (χ4n) is 4.32. The molecule has 0 fully saturated rings. The second-order valence-corrected chi connectivity index (χ2v) is 8.66. The number of para-hydroxylation sites is 2.